The van der Waals surface area contributed by atoms with Gasteiger partial charge in [-0.2, -0.15) is 0 Å². The van der Waals surface area contributed by atoms with Crippen molar-refractivity contribution >= 4 is 16.9 Å². The van der Waals surface area contributed by atoms with Gasteiger partial charge in [-0.25, -0.2) is 0 Å². The first-order valence-corrected chi connectivity index (χ1v) is 15.9. The molecule has 0 radical (unpaired) electrons. The normalized spacial score (nSPS) is 31.5. The maximum atomic E-state index is 12.5. The van der Waals surface area contributed by atoms with Gasteiger partial charge in [0.25, 0.3) is 0 Å². The van der Waals surface area contributed by atoms with Crippen LogP contribution in [-0.4, -0.2) is 154 Å². The lowest BCUT2D eigenvalue weighted by Gasteiger charge is -2.45. The minimum atomic E-state index is -1.76. The first-order valence-electron chi connectivity index (χ1n) is 14.9. The summed E-state index contributed by atoms with van der Waals surface area (Å²) in [5.74, 6) is 0.476. The Kier molecular flexibility index (Phi) is 14.8. The number of ether oxygens (including phenoxy) is 6. The van der Waals surface area contributed by atoms with Crippen LogP contribution in [0.1, 0.15) is 10.4 Å². The van der Waals surface area contributed by atoms with Crippen molar-refractivity contribution < 1.29 is 69.0 Å². The van der Waals surface area contributed by atoms with Gasteiger partial charge in [0.2, 0.25) is 5.12 Å². The molecule has 10 atom stereocenters. The van der Waals surface area contributed by atoms with E-state index in [4.69, 9.17) is 28.4 Å². The van der Waals surface area contributed by atoms with Crippen LogP contribution < -0.4 is 0 Å². The Labute approximate surface area is 270 Å². The second-order valence-corrected chi connectivity index (χ2v) is 11.7. The maximum absolute atomic E-state index is 12.5. The number of aliphatic hydroxyl groups is 7. The smallest absolute Gasteiger partial charge is 0.219 e. The third-order valence-electron chi connectivity index (χ3n) is 7.53. The lowest BCUT2D eigenvalue weighted by Crippen LogP contribution is -2.64. The second kappa shape index (κ2) is 18.5. The molecule has 0 spiro atoms. The molecule has 15 heteroatoms. The summed E-state index contributed by atoms with van der Waals surface area (Å²) in [4.78, 5) is 12.5. The molecule has 46 heavy (non-hydrogen) atoms. The average molecular weight is 671 g/mol. The zero-order chi connectivity index (χ0) is 33.1. The quantitative estimate of drug-likeness (QED) is 0.106. The van der Waals surface area contributed by atoms with Crippen molar-refractivity contribution in [2.24, 2.45) is 0 Å². The molecule has 2 aliphatic rings. The summed E-state index contributed by atoms with van der Waals surface area (Å²) in [5.41, 5.74) is 2.74. The van der Waals surface area contributed by atoms with Crippen molar-refractivity contribution in [1.29, 1.82) is 0 Å². The molecule has 2 aromatic rings. The van der Waals surface area contributed by atoms with Crippen LogP contribution in [-0.2, 0) is 28.4 Å². The molecule has 4 rings (SSSR count). The van der Waals surface area contributed by atoms with E-state index in [-0.39, 0.29) is 31.5 Å². The molecule has 0 saturated carbocycles. The van der Waals surface area contributed by atoms with Gasteiger partial charge in [0.05, 0.1) is 46.2 Å². The van der Waals surface area contributed by atoms with E-state index in [9.17, 15) is 40.5 Å². The highest BCUT2D eigenvalue weighted by Crippen LogP contribution is 2.29. The molecule has 2 fully saturated rings. The van der Waals surface area contributed by atoms with Gasteiger partial charge in [-0.3, -0.25) is 4.79 Å². The van der Waals surface area contributed by atoms with Gasteiger partial charge >= 0.3 is 0 Å². The van der Waals surface area contributed by atoms with Crippen LogP contribution in [0, 0.1) is 0 Å². The fraction of sp³-hybridized carbons (Fsp3) is 0.581. The molecular weight excluding hydrogens is 628 g/mol. The van der Waals surface area contributed by atoms with Crippen LogP contribution in [0.2, 0.25) is 0 Å². The van der Waals surface area contributed by atoms with E-state index in [2.05, 4.69) is 0 Å². The third kappa shape index (κ3) is 9.74. The van der Waals surface area contributed by atoms with Gasteiger partial charge in [0.15, 0.2) is 12.6 Å². The molecule has 256 valence electrons. The minimum absolute atomic E-state index is 0.0412. The van der Waals surface area contributed by atoms with E-state index < -0.39 is 74.6 Å². The molecule has 14 nitrogen and oxygen atoms in total. The van der Waals surface area contributed by atoms with E-state index in [1.165, 1.54) is 11.8 Å². The molecule has 4 unspecified atom stereocenters. The van der Waals surface area contributed by atoms with E-state index >= 15 is 0 Å². The van der Waals surface area contributed by atoms with E-state index in [0.717, 1.165) is 11.1 Å². The van der Waals surface area contributed by atoms with Crippen molar-refractivity contribution in [3.63, 3.8) is 0 Å². The van der Waals surface area contributed by atoms with Crippen molar-refractivity contribution in [3.8, 4) is 11.1 Å². The molecule has 0 bridgehead atoms. The molecule has 7 N–H and O–H groups in total. The summed E-state index contributed by atoms with van der Waals surface area (Å²) in [6, 6.07) is 17.4. The summed E-state index contributed by atoms with van der Waals surface area (Å²) >= 11 is 1.17. The van der Waals surface area contributed by atoms with Crippen molar-refractivity contribution in [2.45, 2.75) is 61.4 Å². The monoisotopic (exact) mass is 670 g/mol. The van der Waals surface area contributed by atoms with Gasteiger partial charge < -0.3 is 64.2 Å². The zero-order valence-corrected chi connectivity index (χ0v) is 25.8. The Morgan fingerprint density at radius 2 is 1.24 bits per heavy atom. The van der Waals surface area contributed by atoms with Gasteiger partial charge in [-0.05, 0) is 23.3 Å². The number of hydrogen-bond acceptors (Lipinski definition) is 15. The lowest BCUT2D eigenvalue weighted by molar-refractivity contribution is -0.360. The van der Waals surface area contributed by atoms with Gasteiger partial charge in [-0.15, -0.1) is 0 Å². The van der Waals surface area contributed by atoms with Crippen LogP contribution >= 0.6 is 11.8 Å². The molecule has 2 aliphatic heterocycles. The Morgan fingerprint density at radius 1 is 0.652 bits per heavy atom. The van der Waals surface area contributed by atoms with Gasteiger partial charge in [0, 0.05) is 11.3 Å². The van der Waals surface area contributed by atoms with Crippen molar-refractivity contribution in [2.75, 3.05) is 52.0 Å². The summed E-state index contributed by atoms with van der Waals surface area (Å²) < 4.78 is 32.8. The van der Waals surface area contributed by atoms with Crippen LogP contribution in [0.4, 0.5) is 0 Å². The largest absolute Gasteiger partial charge is 0.394 e. The van der Waals surface area contributed by atoms with Crippen LogP contribution in [0.25, 0.3) is 11.1 Å². The molecular formula is C31H42O14S. The Hall–Kier alpha value is -2.06. The second-order valence-electron chi connectivity index (χ2n) is 10.7. The van der Waals surface area contributed by atoms with E-state index in [1.54, 1.807) is 0 Å². The molecule has 2 aromatic carbocycles. The number of rotatable bonds is 16. The summed E-state index contributed by atoms with van der Waals surface area (Å²) in [6.45, 7) is -0.442. The predicted octanol–water partition coefficient (Wildman–Crippen LogP) is -1.10. The number of carbonyl (C=O) groups excluding carboxylic acids is 1. The van der Waals surface area contributed by atoms with Crippen molar-refractivity contribution in [1.82, 2.24) is 0 Å². The topological polar surface area (TPSA) is 214 Å². The van der Waals surface area contributed by atoms with Gasteiger partial charge in [0.1, 0.15) is 48.8 Å². The van der Waals surface area contributed by atoms with Crippen molar-refractivity contribution in [3.05, 3.63) is 60.2 Å². The number of carbonyl (C=O) groups is 1. The fourth-order valence-electron chi connectivity index (χ4n) is 4.94. The molecule has 2 saturated heterocycles. The number of aliphatic hydroxyl groups excluding tert-OH is 7. The molecule has 0 amide bonds. The summed E-state index contributed by atoms with van der Waals surface area (Å²) in [6.07, 6.45) is -15.3. The number of thioether (sulfide) groups is 1. The fourth-order valence-corrected chi connectivity index (χ4v) is 5.63. The third-order valence-corrected chi connectivity index (χ3v) is 8.40. The van der Waals surface area contributed by atoms with Crippen LogP contribution in [0.3, 0.4) is 0 Å². The first kappa shape index (κ1) is 36.8. The Balaban J connectivity index is 1.10. The maximum Gasteiger partial charge on any atom is 0.219 e. The predicted molar refractivity (Wildman–Crippen MR) is 163 cm³/mol. The Morgan fingerprint density at radius 3 is 1.91 bits per heavy atom. The number of benzene rings is 2. The summed E-state index contributed by atoms with van der Waals surface area (Å²) in [7, 11) is 0. The van der Waals surface area contributed by atoms with E-state index in [0.29, 0.717) is 17.9 Å². The lowest BCUT2D eigenvalue weighted by atomic mass is 9.97. The zero-order valence-electron chi connectivity index (χ0n) is 25.0. The molecule has 0 aliphatic carbocycles. The van der Waals surface area contributed by atoms with Gasteiger partial charge in [-0.1, -0.05) is 54.2 Å². The standard InChI is InChI=1S/C31H42O14S/c32-16-21-23(34)25(36)26(37)31(44-21)45-28-24(35)22(17-33)43-30(27(28)38)42-13-12-40-10-11-41-14-15-46-29(39)20-8-6-19(7-9-20)18-4-2-1-3-5-18/h1-9,21-28,30-38H,10-17H2/t21?,22?,23-,24-,25-,26?,27?,28-,30+,31-/m0/s1. The number of hydrogen-bond donors (Lipinski definition) is 7. The molecule has 2 heterocycles. The first-order chi connectivity index (χ1) is 22.2. The van der Waals surface area contributed by atoms with Crippen LogP contribution in [0.5, 0.6) is 0 Å². The SMILES string of the molecule is O=C(SCCOCCOCCO[C@@H]1OC(CO)[C@H](O)[C@H](O[C@@H]2OC(CO)[C@H](O)[C@H](O)C2O)C1O)c1ccc(-c2ccccc2)cc1. The Bertz CT molecular complexity index is 1170. The highest BCUT2D eigenvalue weighted by molar-refractivity contribution is 8.14. The highest BCUT2D eigenvalue weighted by atomic mass is 32.2. The average Bonchev–Trinajstić information content (AvgIpc) is 3.08. The minimum Gasteiger partial charge on any atom is -0.394 e. The highest BCUT2D eigenvalue weighted by Gasteiger charge is 2.50. The molecule has 0 aromatic heterocycles. The van der Waals surface area contributed by atoms with Crippen LogP contribution in [0.15, 0.2) is 54.6 Å². The summed E-state index contributed by atoms with van der Waals surface area (Å²) in [5, 5.41) is 70.5. The van der Waals surface area contributed by atoms with E-state index in [1.807, 2.05) is 54.6 Å².